The molecule has 3 rings (SSSR count). The van der Waals surface area contributed by atoms with Gasteiger partial charge in [-0.2, -0.15) is 0 Å². The number of hydrogen-bond donors (Lipinski definition) is 2. The lowest BCUT2D eigenvalue weighted by Gasteiger charge is -2.09. The van der Waals surface area contributed by atoms with E-state index in [2.05, 4.69) is 17.2 Å². The first-order chi connectivity index (χ1) is 13.1. The Hall–Kier alpha value is -2.80. The van der Waals surface area contributed by atoms with Gasteiger partial charge in [0.25, 0.3) is 5.56 Å². The van der Waals surface area contributed by atoms with Crippen LogP contribution in [-0.4, -0.2) is 21.3 Å². The summed E-state index contributed by atoms with van der Waals surface area (Å²) in [4.78, 5) is 28.9. The molecule has 0 saturated carbocycles. The van der Waals surface area contributed by atoms with Crippen LogP contribution < -0.4 is 16.7 Å². The number of aromatic nitrogens is 2. The van der Waals surface area contributed by atoms with Crippen molar-refractivity contribution in [3.8, 4) is 0 Å². The summed E-state index contributed by atoms with van der Waals surface area (Å²) in [6.45, 7) is 2.16. The summed E-state index contributed by atoms with van der Waals surface area (Å²) < 4.78 is 0.989. The molecule has 6 nitrogen and oxygen atoms in total. The summed E-state index contributed by atoms with van der Waals surface area (Å²) in [5.74, 6) is 5.77. The summed E-state index contributed by atoms with van der Waals surface area (Å²) >= 11 is 1.13. The number of rotatable bonds is 7. The molecule has 0 aliphatic carbocycles. The zero-order valence-corrected chi connectivity index (χ0v) is 16.0. The molecule has 0 unspecified atom stereocenters. The van der Waals surface area contributed by atoms with E-state index >= 15 is 0 Å². The van der Waals surface area contributed by atoms with Gasteiger partial charge in [0, 0.05) is 5.69 Å². The van der Waals surface area contributed by atoms with E-state index in [4.69, 9.17) is 5.84 Å². The number of aryl methyl sites for hydroxylation is 1. The Morgan fingerprint density at radius 1 is 1.19 bits per heavy atom. The van der Waals surface area contributed by atoms with Crippen molar-refractivity contribution in [2.24, 2.45) is 0 Å². The highest BCUT2D eigenvalue weighted by atomic mass is 32.2. The fraction of sp³-hybridized carbons (Fsp3) is 0.250. The third kappa shape index (κ3) is 4.68. The van der Waals surface area contributed by atoms with Crippen molar-refractivity contribution in [3.63, 3.8) is 0 Å². The van der Waals surface area contributed by atoms with Crippen molar-refractivity contribution in [2.75, 3.05) is 16.9 Å². The van der Waals surface area contributed by atoms with E-state index in [9.17, 15) is 9.59 Å². The minimum atomic E-state index is -0.328. The highest BCUT2D eigenvalue weighted by Gasteiger charge is 2.11. The first kappa shape index (κ1) is 19.0. The van der Waals surface area contributed by atoms with Gasteiger partial charge < -0.3 is 11.2 Å². The zero-order valence-electron chi connectivity index (χ0n) is 15.1. The standard InChI is InChI=1S/C20H22N4O2S/c1-2-3-6-14-9-11-15(12-10-14)22-18(25)13-27-20-23-17-8-5-4-7-16(17)19(26)24(20)21/h4-5,7-12H,2-3,6,13,21H2,1H3,(H,22,25). The molecule has 27 heavy (non-hydrogen) atoms. The highest BCUT2D eigenvalue weighted by Crippen LogP contribution is 2.17. The normalized spacial score (nSPS) is 10.9. The van der Waals surface area contributed by atoms with Crippen molar-refractivity contribution in [1.82, 2.24) is 9.66 Å². The molecule has 0 bridgehead atoms. The fourth-order valence-electron chi connectivity index (χ4n) is 2.69. The monoisotopic (exact) mass is 382 g/mol. The lowest BCUT2D eigenvalue weighted by molar-refractivity contribution is -0.113. The number of nitrogens with one attached hydrogen (secondary N) is 1. The van der Waals surface area contributed by atoms with E-state index in [1.165, 1.54) is 5.56 Å². The molecule has 7 heteroatoms. The maximum atomic E-state index is 12.3. The van der Waals surface area contributed by atoms with E-state index in [1.807, 2.05) is 24.3 Å². The van der Waals surface area contributed by atoms with Crippen LogP contribution in [0.1, 0.15) is 25.3 Å². The van der Waals surface area contributed by atoms with Crippen molar-refractivity contribution in [2.45, 2.75) is 31.3 Å². The summed E-state index contributed by atoms with van der Waals surface area (Å²) in [6, 6.07) is 14.9. The van der Waals surface area contributed by atoms with Gasteiger partial charge in [-0.25, -0.2) is 9.66 Å². The van der Waals surface area contributed by atoms with Crippen LogP contribution in [-0.2, 0) is 11.2 Å². The Bertz CT molecular complexity index is 999. The molecule has 3 N–H and O–H groups in total. The number of carbonyl (C=O) groups is 1. The summed E-state index contributed by atoms with van der Waals surface area (Å²) in [6.07, 6.45) is 3.36. The second kappa shape index (κ2) is 8.73. The largest absolute Gasteiger partial charge is 0.334 e. The Morgan fingerprint density at radius 2 is 1.93 bits per heavy atom. The molecule has 0 spiro atoms. The lowest BCUT2D eigenvalue weighted by atomic mass is 10.1. The van der Waals surface area contributed by atoms with Gasteiger partial charge in [-0.3, -0.25) is 9.59 Å². The van der Waals surface area contributed by atoms with Gasteiger partial charge in [0.05, 0.1) is 16.7 Å². The smallest absolute Gasteiger partial charge is 0.280 e. The molecule has 1 amide bonds. The minimum Gasteiger partial charge on any atom is -0.334 e. The molecular weight excluding hydrogens is 360 g/mol. The van der Waals surface area contributed by atoms with E-state index in [-0.39, 0.29) is 17.2 Å². The molecule has 1 heterocycles. The quantitative estimate of drug-likeness (QED) is 0.372. The number of para-hydroxylation sites is 1. The van der Waals surface area contributed by atoms with Gasteiger partial charge >= 0.3 is 0 Å². The van der Waals surface area contributed by atoms with Gasteiger partial charge in [0.1, 0.15) is 0 Å². The number of nitrogens with zero attached hydrogens (tertiary/aromatic N) is 2. The van der Waals surface area contributed by atoms with Gasteiger partial charge in [-0.1, -0.05) is 49.4 Å². The molecule has 0 atom stereocenters. The molecule has 2 aromatic carbocycles. The van der Waals surface area contributed by atoms with Crippen LogP contribution >= 0.6 is 11.8 Å². The van der Waals surface area contributed by atoms with E-state index in [1.54, 1.807) is 24.3 Å². The maximum absolute atomic E-state index is 12.3. The zero-order chi connectivity index (χ0) is 19.2. The van der Waals surface area contributed by atoms with Crippen LogP contribution in [0.25, 0.3) is 10.9 Å². The van der Waals surface area contributed by atoms with Gasteiger partial charge in [-0.15, -0.1) is 0 Å². The maximum Gasteiger partial charge on any atom is 0.280 e. The van der Waals surface area contributed by atoms with Gasteiger partial charge in [-0.05, 0) is 42.7 Å². The Labute approximate surface area is 161 Å². The molecule has 3 aromatic rings. The lowest BCUT2D eigenvalue weighted by Crippen LogP contribution is -2.30. The third-order valence-electron chi connectivity index (χ3n) is 4.16. The van der Waals surface area contributed by atoms with Gasteiger partial charge in [0.15, 0.2) is 5.16 Å². The highest BCUT2D eigenvalue weighted by molar-refractivity contribution is 7.99. The van der Waals surface area contributed by atoms with Crippen LogP contribution in [0.15, 0.2) is 58.5 Å². The Morgan fingerprint density at radius 3 is 2.67 bits per heavy atom. The molecule has 0 saturated heterocycles. The number of unbranched alkanes of at least 4 members (excludes halogenated alkanes) is 1. The van der Waals surface area contributed by atoms with Crippen molar-refractivity contribution >= 4 is 34.3 Å². The molecular formula is C20H22N4O2S. The number of thioether (sulfide) groups is 1. The molecule has 0 aliphatic heterocycles. The van der Waals surface area contributed by atoms with Crippen molar-refractivity contribution in [1.29, 1.82) is 0 Å². The van der Waals surface area contributed by atoms with Gasteiger partial charge in [0.2, 0.25) is 5.91 Å². The van der Waals surface area contributed by atoms with E-state index < -0.39 is 0 Å². The van der Waals surface area contributed by atoms with Crippen molar-refractivity contribution in [3.05, 3.63) is 64.4 Å². The van der Waals surface area contributed by atoms with Crippen LogP contribution in [0, 0.1) is 0 Å². The molecule has 140 valence electrons. The Balaban J connectivity index is 1.63. The number of amides is 1. The number of anilines is 1. The second-order valence-electron chi connectivity index (χ2n) is 6.22. The first-order valence-electron chi connectivity index (χ1n) is 8.87. The van der Waals surface area contributed by atoms with Crippen molar-refractivity contribution < 1.29 is 4.79 Å². The average Bonchev–Trinajstić information content (AvgIpc) is 2.69. The van der Waals surface area contributed by atoms with E-state index in [0.29, 0.717) is 16.1 Å². The van der Waals surface area contributed by atoms with Crippen LogP contribution in [0.5, 0.6) is 0 Å². The SMILES string of the molecule is CCCCc1ccc(NC(=O)CSc2nc3ccccc3c(=O)n2N)cc1. The van der Waals surface area contributed by atoms with Crippen LogP contribution in [0.3, 0.4) is 0 Å². The number of nitrogen functional groups attached to an aromatic ring is 1. The molecule has 0 aliphatic rings. The minimum absolute atomic E-state index is 0.111. The van der Waals surface area contributed by atoms with Crippen LogP contribution in [0.2, 0.25) is 0 Å². The number of fused-ring (bicyclic) bond motifs is 1. The predicted octanol–water partition coefficient (Wildman–Crippen LogP) is 3.18. The topological polar surface area (TPSA) is 90.0 Å². The fourth-order valence-corrected chi connectivity index (χ4v) is 3.41. The average molecular weight is 382 g/mol. The van der Waals surface area contributed by atoms with Crippen LogP contribution in [0.4, 0.5) is 5.69 Å². The third-order valence-corrected chi connectivity index (χ3v) is 5.12. The molecule has 0 radical (unpaired) electrons. The summed E-state index contributed by atoms with van der Waals surface area (Å²) in [5, 5.41) is 3.62. The number of nitrogens with two attached hydrogens (primary N) is 1. The molecule has 0 fully saturated rings. The molecule has 1 aromatic heterocycles. The summed E-state index contributed by atoms with van der Waals surface area (Å²) in [5.41, 5.74) is 2.25. The van der Waals surface area contributed by atoms with E-state index in [0.717, 1.165) is 41.4 Å². The summed E-state index contributed by atoms with van der Waals surface area (Å²) in [7, 11) is 0. The predicted molar refractivity (Wildman–Crippen MR) is 111 cm³/mol. The first-order valence-corrected chi connectivity index (χ1v) is 9.85. The number of hydrogen-bond acceptors (Lipinski definition) is 5. The second-order valence-corrected chi connectivity index (χ2v) is 7.17. The number of carbonyl (C=O) groups excluding carboxylic acids is 1. The number of benzene rings is 2. The Kier molecular flexibility index (Phi) is 6.13.